The molecule has 1 aliphatic heterocycles. The summed E-state index contributed by atoms with van der Waals surface area (Å²) in [6, 6.07) is 1.21. The first-order valence-electron chi connectivity index (χ1n) is 5.11. The molecule has 1 saturated heterocycles. The minimum absolute atomic E-state index is 0.303. The summed E-state index contributed by atoms with van der Waals surface area (Å²) in [5, 5.41) is 8.48. The zero-order chi connectivity index (χ0) is 10.6. The van der Waals surface area contributed by atoms with Crippen LogP contribution in [0.25, 0.3) is 0 Å². The Labute approximate surface area is 90.9 Å². The second kappa shape index (κ2) is 5.78. The summed E-state index contributed by atoms with van der Waals surface area (Å²) in [5.41, 5.74) is 0. The standard InChI is InChI=1S/C9H18O3SSi/c1-7(9(10)11)13-8(2)14-6-4-3-5-12-14/h7-8,14H,3-6H2,1-2H3,(H,10,11). The molecule has 0 amide bonds. The molecule has 3 unspecified atom stereocenters. The smallest absolute Gasteiger partial charge is 0.316 e. The Morgan fingerprint density at radius 3 is 2.71 bits per heavy atom. The normalized spacial score (nSPS) is 26.9. The van der Waals surface area contributed by atoms with Gasteiger partial charge in [-0.05, 0) is 19.4 Å². The summed E-state index contributed by atoms with van der Waals surface area (Å²) >= 11 is 1.55. The average Bonchev–Trinajstić information content (AvgIpc) is 2.19. The van der Waals surface area contributed by atoms with Crippen LogP contribution < -0.4 is 0 Å². The Bertz CT molecular complexity index is 194. The largest absolute Gasteiger partial charge is 0.480 e. The summed E-state index contributed by atoms with van der Waals surface area (Å²) < 4.78 is 5.75. The van der Waals surface area contributed by atoms with Crippen LogP contribution in [0.3, 0.4) is 0 Å². The Morgan fingerprint density at radius 2 is 2.21 bits per heavy atom. The predicted molar refractivity (Wildman–Crippen MR) is 61.3 cm³/mol. The molecular formula is C9H18O3SSi. The van der Waals surface area contributed by atoms with Crippen LogP contribution in [0, 0.1) is 0 Å². The van der Waals surface area contributed by atoms with Gasteiger partial charge in [-0.15, -0.1) is 11.8 Å². The van der Waals surface area contributed by atoms with E-state index in [1.165, 1.54) is 18.9 Å². The first kappa shape index (κ1) is 12.1. The zero-order valence-electron chi connectivity index (χ0n) is 8.73. The maximum atomic E-state index is 10.7. The van der Waals surface area contributed by atoms with Crippen molar-refractivity contribution in [3.05, 3.63) is 0 Å². The van der Waals surface area contributed by atoms with Gasteiger partial charge in [0.05, 0.1) is 5.25 Å². The number of hydrogen-bond acceptors (Lipinski definition) is 3. The van der Waals surface area contributed by atoms with E-state index in [2.05, 4.69) is 6.92 Å². The third-order valence-electron chi connectivity index (χ3n) is 2.51. The molecular weight excluding hydrogens is 216 g/mol. The fourth-order valence-corrected chi connectivity index (χ4v) is 6.48. The molecule has 1 heterocycles. The number of carbonyl (C=O) groups is 1. The van der Waals surface area contributed by atoms with Crippen LogP contribution in [0.4, 0.5) is 0 Å². The number of hydrogen-bond donors (Lipinski definition) is 1. The molecule has 0 aromatic heterocycles. The van der Waals surface area contributed by atoms with Gasteiger partial charge < -0.3 is 9.53 Å². The molecule has 3 nitrogen and oxygen atoms in total. The number of carboxylic acid groups (broad SMARTS) is 1. The van der Waals surface area contributed by atoms with Crippen molar-refractivity contribution in [2.24, 2.45) is 0 Å². The Balaban J connectivity index is 2.32. The van der Waals surface area contributed by atoms with Crippen LogP contribution in [-0.2, 0) is 9.22 Å². The van der Waals surface area contributed by atoms with Gasteiger partial charge in [0, 0.05) is 11.5 Å². The summed E-state index contributed by atoms with van der Waals surface area (Å²) in [7, 11) is -1.12. The first-order chi connectivity index (χ1) is 6.61. The van der Waals surface area contributed by atoms with Gasteiger partial charge in [0.15, 0.2) is 9.04 Å². The summed E-state index contributed by atoms with van der Waals surface area (Å²) in [6.07, 6.45) is 2.44. The van der Waals surface area contributed by atoms with E-state index in [4.69, 9.17) is 9.53 Å². The molecule has 0 radical (unpaired) electrons. The van der Waals surface area contributed by atoms with E-state index >= 15 is 0 Å². The van der Waals surface area contributed by atoms with Crippen molar-refractivity contribution in [1.29, 1.82) is 0 Å². The van der Waals surface area contributed by atoms with Gasteiger partial charge in [-0.25, -0.2) is 0 Å². The van der Waals surface area contributed by atoms with Gasteiger partial charge in [-0.2, -0.15) is 0 Å². The van der Waals surface area contributed by atoms with E-state index in [9.17, 15) is 4.79 Å². The van der Waals surface area contributed by atoms with E-state index in [0.29, 0.717) is 4.87 Å². The third-order valence-corrected chi connectivity index (χ3v) is 7.61. The fourth-order valence-electron chi connectivity index (χ4n) is 1.60. The summed E-state index contributed by atoms with van der Waals surface area (Å²) in [4.78, 5) is 11.1. The minimum atomic E-state index is -1.12. The molecule has 3 atom stereocenters. The highest BCUT2D eigenvalue weighted by Crippen LogP contribution is 2.25. The molecule has 14 heavy (non-hydrogen) atoms. The van der Waals surface area contributed by atoms with E-state index < -0.39 is 15.0 Å². The Hall–Kier alpha value is -0.00312. The SMILES string of the molecule is CC(SC(C)[SiH]1CCCCO1)C(=O)O. The summed E-state index contributed by atoms with van der Waals surface area (Å²) in [5.74, 6) is -0.716. The second-order valence-electron chi connectivity index (χ2n) is 3.73. The highest BCUT2D eigenvalue weighted by atomic mass is 32.2. The number of rotatable bonds is 4. The summed E-state index contributed by atoms with van der Waals surface area (Å²) in [6.45, 7) is 4.76. The molecule has 5 heteroatoms. The molecule has 0 bridgehead atoms. The maximum absolute atomic E-state index is 10.7. The van der Waals surface area contributed by atoms with Gasteiger partial charge in [0.2, 0.25) is 0 Å². The van der Waals surface area contributed by atoms with Gasteiger partial charge >= 0.3 is 5.97 Å². The van der Waals surface area contributed by atoms with Crippen LogP contribution in [0.1, 0.15) is 26.7 Å². The monoisotopic (exact) mass is 234 g/mol. The molecule has 82 valence electrons. The number of carboxylic acids is 1. The highest BCUT2D eigenvalue weighted by molar-refractivity contribution is 8.02. The van der Waals surface area contributed by atoms with Gasteiger partial charge in [0.25, 0.3) is 0 Å². The van der Waals surface area contributed by atoms with Crippen molar-refractivity contribution < 1.29 is 14.3 Å². The average molecular weight is 234 g/mol. The van der Waals surface area contributed by atoms with Gasteiger partial charge in [-0.3, -0.25) is 4.79 Å². The van der Waals surface area contributed by atoms with Crippen LogP contribution in [0.2, 0.25) is 6.04 Å². The van der Waals surface area contributed by atoms with Crippen molar-refractivity contribution in [3.63, 3.8) is 0 Å². The van der Waals surface area contributed by atoms with E-state index in [0.717, 1.165) is 6.61 Å². The minimum Gasteiger partial charge on any atom is -0.480 e. The second-order valence-corrected chi connectivity index (χ2v) is 8.92. The zero-order valence-corrected chi connectivity index (χ0v) is 10.7. The lowest BCUT2D eigenvalue weighted by atomic mass is 10.4. The van der Waals surface area contributed by atoms with Crippen molar-refractivity contribution in [2.75, 3.05) is 6.61 Å². The first-order valence-corrected chi connectivity index (χ1v) is 8.01. The van der Waals surface area contributed by atoms with Crippen LogP contribution in [-0.4, -0.2) is 36.8 Å². The Kier molecular flexibility index (Phi) is 4.98. The molecule has 1 fully saturated rings. The third kappa shape index (κ3) is 3.63. The molecule has 0 spiro atoms. The Morgan fingerprint density at radius 1 is 1.50 bits per heavy atom. The molecule has 0 aromatic carbocycles. The van der Waals surface area contributed by atoms with Crippen molar-refractivity contribution >= 4 is 26.8 Å². The quantitative estimate of drug-likeness (QED) is 0.751. The molecule has 0 aliphatic carbocycles. The maximum Gasteiger partial charge on any atom is 0.316 e. The van der Waals surface area contributed by atoms with Crippen LogP contribution in [0.5, 0.6) is 0 Å². The van der Waals surface area contributed by atoms with Crippen molar-refractivity contribution in [2.45, 2.75) is 42.9 Å². The van der Waals surface area contributed by atoms with Gasteiger partial charge in [-0.1, -0.05) is 13.3 Å². The highest BCUT2D eigenvalue weighted by Gasteiger charge is 2.26. The van der Waals surface area contributed by atoms with Crippen molar-refractivity contribution in [1.82, 2.24) is 0 Å². The van der Waals surface area contributed by atoms with E-state index in [1.54, 1.807) is 18.7 Å². The lowest BCUT2D eigenvalue weighted by molar-refractivity contribution is -0.136. The lowest BCUT2D eigenvalue weighted by Gasteiger charge is -2.27. The lowest BCUT2D eigenvalue weighted by Crippen LogP contribution is -2.34. The molecule has 1 aliphatic rings. The number of aliphatic carboxylic acids is 1. The molecule has 1 rings (SSSR count). The molecule has 1 N–H and O–H groups in total. The fraction of sp³-hybridized carbons (Fsp3) is 0.889. The number of thioether (sulfide) groups is 1. The van der Waals surface area contributed by atoms with Crippen molar-refractivity contribution in [3.8, 4) is 0 Å². The van der Waals surface area contributed by atoms with E-state index in [-0.39, 0.29) is 5.25 Å². The molecule has 0 saturated carbocycles. The topological polar surface area (TPSA) is 46.5 Å². The van der Waals surface area contributed by atoms with Crippen LogP contribution in [0.15, 0.2) is 0 Å². The molecule has 0 aromatic rings. The predicted octanol–water partition coefficient (Wildman–Crippen LogP) is 1.65. The van der Waals surface area contributed by atoms with E-state index in [1.807, 2.05) is 0 Å². The van der Waals surface area contributed by atoms with Gasteiger partial charge in [0.1, 0.15) is 0 Å². The van der Waals surface area contributed by atoms with Crippen LogP contribution >= 0.6 is 11.8 Å².